The summed E-state index contributed by atoms with van der Waals surface area (Å²) in [5.41, 5.74) is 10.0. The third-order valence-corrected chi connectivity index (χ3v) is 7.80. The Morgan fingerprint density at radius 1 is 1.18 bits per heavy atom. The van der Waals surface area contributed by atoms with Gasteiger partial charge in [0.1, 0.15) is 11.4 Å². The van der Waals surface area contributed by atoms with E-state index in [0.717, 1.165) is 31.6 Å². The maximum atomic E-state index is 11.9. The number of pyridine rings is 1. The van der Waals surface area contributed by atoms with E-state index in [9.17, 15) is 4.79 Å². The molecule has 0 bridgehead atoms. The zero-order valence-corrected chi connectivity index (χ0v) is 21.1. The first kappa shape index (κ1) is 22.9. The Bertz CT molecular complexity index is 1350. The minimum atomic E-state index is 0.348. The second-order valence-electron chi connectivity index (χ2n) is 10.3. The molecule has 0 saturated carbocycles. The predicted octanol–water partition coefficient (Wildman–Crippen LogP) is 6.38. The Kier molecular flexibility index (Phi) is 6.07. The Balaban J connectivity index is 1.52. The summed E-state index contributed by atoms with van der Waals surface area (Å²) in [7, 11) is 0. The van der Waals surface area contributed by atoms with Crippen LogP contribution in [-0.2, 0) is 4.79 Å². The van der Waals surface area contributed by atoms with E-state index < -0.39 is 0 Å². The summed E-state index contributed by atoms with van der Waals surface area (Å²) in [6.07, 6.45) is 8.99. The van der Waals surface area contributed by atoms with Gasteiger partial charge in [0, 0.05) is 41.5 Å². The van der Waals surface area contributed by atoms with Crippen molar-refractivity contribution in [3.05, 3.63) is 59.0 Å². The maximum Gasteiger partial charge on any atom is 0.146 e. The predicted molar refractivity (Wildman–Crippen MR) is 140 cm³/mol. The highest BCUT2D eigenvalue weighted by atomic mass is 16.1. The Morgan fingerprint density at radius 3 is 2.65 bits per heavy atom. The lowest BCUT2D eigenvalue weighted by atomic mass is 9.87. The Hall–Kier alpha value is -2.92. The normalized spacial score (nSPS) is 15.7. The van der Waals surface area contributed by atoms with Gasteiger partial charge in [-0.1, -0.05) is 26.8 Å². The van der Waals surface area contributed by atoms with Gasteiger partial charge in [0.15, 0.2) is 0 Å². The molecule has 5 heteroatoms. The summed E-state index contributed by atoms with van der Waals surface area (Å²) in [5.74, 6) is 1.31. The van der Waals surface area contributed by atoms with Gasteiger partial charge in [0.2, 0.25) is 0 Å². The number of benzene rings is 1. The van der Waals surface area contributed by atoms with Gasteiger partial charge in [-0.05, 0) is 86.0 Å². The number of nitrogens with zero attached hydrogens (tertiary/aromatic N) is 3. The van der Waals surface area contributed by atoms with Crippen LogP contribution < -0.4 is 0 Å². The van der Waals surface area contributed by atoms with Crippen molar-refractivity contribution in [1.29, 1.82) is 0 Å². The van der Waals surface area contributed by atoms with E-state index in [0.29, 0.717) is 30.6 Å². The molecule has 0 atom stereocenters. The topological polar surface area (TPSA) is 53.4 Å². The van der Waals surface area contributed by atoms with Crippen molar-refractivity contribution >= 4 is 22.3 Å². The number of carbonyl (C=O) groups excluding carboxylic acids is 1. The van der Waals surface area contributed by atoms with Crippen molar-refractivity contribution in [1.82, 2.24) is 19.3 Å². The monoisotopic (exact) mass is 456 g/mol. The molecule has 178 valence electrons. The third-order valence-electron chi connectivity index (χ3n) is 7.80. The minimum Gasteiger partial charge on any atom is -0.354 e. The number of carbonyl (C=O) groups is 1. The summed E-state index contributed by atoms with van der Waals surface area (Å²) in [6.45, 7) is 13.5. The zero-order valence-electron chi connectivity index (χ0n) is 21.1. The van der Waals surface area contributed by atoms with Gasteiger partial charge >= 0.3 is 0 Å². The van der Waals surface area contributed by atoms with Crippen molar-refractivity contribution in [2.24, 2.45) is 0 Å². The summed E-state index contributed by atoms with van der Waals surface area (Å²) in [4.78, 5) is 22.5. The van der Waals surface area contributed by atoms with E-state index in [1.165, 1.54) is 44.4 Å². The number of rotatable bonds is 6. The SMILES string of the molecule is CCC(=O)CN1CCC(c2ccc3[nH]c(-c4cn5ccnc5c(C)c4C)c(C(C)C)c3c2)CC1. The number of imidazole rings is 1. The quantitative estimate of drug-likeness (QED) is 0.366. The van der Waals surface area contributed by atoms with Gasteiger partial charge in [-0.3, -0.25) is 9.69 Å². The van der Waals surface area contributed by atoms with Crippen molar-refractivity contribution in [2.75, 3.05) is 19.6 Å². The van der Waals surface area contributed by atoms with Crippen LogP contribution in [0, 0.1) is 13.8 Å². The molecule has 0 radical (unpaired) electrons. The van der Waals surface area contributed by atoms with E-state index in [1.807, 2.05) is 19.3 Å². The average molecular weight is 457 g/mol. The van der Waals surface area contributed by atoms with Crippen molar-refractivity contribution in [3.8, 4) is 11.3 Å². The lowest BCUT2D eigenvalue weighted by Crippen LogP contribution is -2.36. The van der Waals surface area contributed by atoms with E-state index in [1.54, 1.807) is 0 Å². The smallest absolute Gasteiger partial charge is 0.146 e. The van der Waals surface area contributed by atoms with Crippen LogP contribution in [0.25, 0.3) is 27.8 Å². The molecule has 0 aliphatic carbocycles. The van der Waals surface area contributed by atoms with Crippen LogP contribution in [0.1, 0.15) is 74.1 Å². The number of fused-ring (bicyclic) bond motifs is 2. The van der Waals surface area contributed by atoms with Gasteiger partial charge in [-0.15, -0.1) is 0 Å². The molecule has 1 aliphatic heterocycles. The number of piperidine rings is 1. The third kappa shape index (κ3) is 3.96. The minimum absolute atomic E-state index is 0.348. The number of ketones is 1. The van der Waals surface area contributed by atoms with Gasteiger partial charge in [-0.25, -0.2) is 4.98 Å². The highest BCUT2D eigenvalue weighted by molar-refractivity contribution is 5.92. The molecule has 3 aromatic heterocycles. The maximum absolute atomic E-state index is 11.9. The molecule has 1 saturated heterocycles. The van der Waals surface area contributed by atoms with Gasteiger partial charge in [-0.2, -0.15) is 0 Å². The van der Waals surface area contributed by atoms with Crippen LogP contribution in [-0.4, -0.2) is 44.7 Å². The molecule has 1 N–H and O–H groups in total. The van der Waals surface area contributed by atoms with Crippen LogP contribution in [0.2, 0.25) is 0 Å². The Labute approximate surface area is 202 Å². The van der Waals surface area contributed by atoms with Crippen LogP contribution in [0.4, 0.5) is 0 Å². The van der Waals surface area contributed by atoms with E-state index in [-0.39, 0.29) is 0 Å². The molecular formula is C29H36N4O. The molecule has 4 heterocycles. The fourth-order valence-corrected chi connectivity index (χ4v) is 5.65. The Morgan fingerprint density at radius 2 is 1.94 bits per heavy atom. The molecule has 0 spiro atoms. The first-order valence-corrected chi connectivity index (χ1v) is 12.7. The van der Waals surface area contributed by atoms with E-state index >= 15 is 0 Å². The number of H-pyrrole nitrogens is 1. The number of likely N-dealkylation sites (tertiary alicyclic amines) is 1. The molecule has 1 aromatic carbocycles. The fraction of sp³-hybridized carbons (Fsp3) is 0.448. The molecule has 1 aliphatic rings. The van der Waals surface area contributed by atoms with Crippen molar-refractivity contribution < 1.29 is 4.79 Å². The summed E-state index contributed by atoms with van der Waals surface area (Å²) in [5, 5.41) is 1.34. The molecule has 4 aromatic rings. The molecule has 5 rings (SSSR count). The second-order valence-corrected chi connectivity index (χ2v) is 10.3. The van der Waals surface area contributed by atoms with Gasteiger partial charge in [0.25, 0.3) is 0 Å². The van der Waals surface area contributed by atoms with Crippen LogP contribution in [0.3, 0.4) is 0 Å². The fourth-order valence-electron chi connectivity index (χ4n) is 5.65. The summed E-state index contributed by atoms with van der Waals surface area (Å²) < 4.78 is 2.13. The number of aryl methyl sites for hydroxylation is 1. The molecule has 34 heavy (non-hydrogen) atoms. The highest BCUT2D eigenvalue weighted by Gasteiger charge is 2.24. The summed E-state index contributed by atoms with van der Waals surface area (Å²) >= 11 is 0. The molecule has 0 unspecified atom stereocenters. The first-order valence-electron chi connectivity index (χ1n) is 12.7. The molecular weight excluding hydrogens is 420 g/mol. The van der Waals surface area contributed by atoms with Crippen LogP contribution in [0.15, 0.2) is 36.8 Å². The molecule has 1 fully saturated rings. The number of aromatic amines is 1. The standard InChI is InChI=1S/C29H36N4O/c1-6-23(34)16-32-12-9-21(10-13-32)22-7-8-26-24(15-22)27(18(2)3)28(31-26)25-17-33-14-11-30-29(33)20(5)19(25)4/h7-8,11,14-15,17-18,21,31H,6,9-10,12-13,16H2,1-5H3. The van der Waals surface area contributed by atoms with Crippen molar-refractivity contribution in [2.45, 2.75) is 65.7 Å². The lowest BCUT2D eigenvalue weighted by molar-refractivity contribution is -0.120. The van der Waals surface area contributed by atoms with Crippen LogP contribution >= 0.6 is 0 Å². The van der Waals surface area contributed by atoms with E-state index in [4.69, 9.17) is 0 Å². The first-order chi connectivity index (χ1) is 16.4. The molecule has 0 amide bonds. The zero-order chi connectivity index (χ0) is 24.0. The largest absolute Gasteiger partial charge is 0.354 e. The number of hydrogen-bond donors (Lipinski definition) is 1. The van der Waals surface area contributed by atoms with Crippen molar-refractivity contribution in [3.63, 3.8) is 0 Å². The van der Waals surface area contributed by atoms with E-state index in [2.05, 4.69) is 71.4 Å². The van der Waals surface area contributed by atoms with Crippen LogP contribution in [0.5, 0.6) is 0 Å². The number of aromatic nitrogens is 3. The molecule has 5 nitrogen and oxygen atoms in total. The number of Topliss-reactive ketones (excluding diaryl/α,β-unsaturated/α-hetero) is 1. The summed E-state index contributed by atoms with van der Waals surface area (Å²) in [6, 6.07) is 7.01. The number of nitrogens with one attached hydrogen (secondary N) is 1. The van der Waals surface area contributed by atoms with Gasteiger partial charge < -0.3 is 9.38 Å². The average Bonchev–Trinajstić information content (AvgIpc) is 3.46. The highest BCUT2D eigenvalue weighted by Crippen LogP contribution is 2.40. The second kappa shape index (κ2) is 9.03. The lowest BCUT2D eigenvalue weighted by Gasteiger charge is -2.31. The number of hydrogen-bond acceptors (Lipinski definition) is 3. The van der Waals surface area contributed by atoms with Gasteiger partial charge in [0.05, 0.1) is 12.2 Å².